The second-order valence-electron chi connectivity index (χ2n) is 6.16. The van der Waals surface area contributed by atoms with E-state index in [1.807, 2.05) is 24.3 Å². The lowest BCUT2D eigenvalue weighted by Crippen LogP contribution is -2.43. The maximum Gasteiger partial charge on any atom is 0.270 e. The Morgan fingerprint density at radius 2 is 2.23 bits per heavy atom. The van der Waals surface area contributed by atoms with Crippen molar-refractivity contribution in [1.29, 1.82) is 0 Å². The highest BCUT2D eigenvalue weighted by Gasteiger charge is 2.38. The highest BCUT2D eigenvalue weighted by atomic mass is 16.2. The van der Waals surface area contributed by atoms with Crippen LogP contribution in [0.5, 0.6) is 0 Å². The number of terminal acetylenes is 1. The van der Waals surface area contributed by atoms with E-state index >= 15 is 0 Å². The summed E-state index contributed by atoms with van der Waals surface area (Å²) in [5.41, 5.74) is 1.27. The first-order valence-electron chi connectivity index (χ1n) is 7.62. The fourth-order valence-corrected chi connectivity index (χ4v) is 3.54. The normalized spacial score (nSPS) is 26.0. The van der Waals surface area contributed by atoms with Gasteiger partial charge in [0.2, 0.25) is 0 Å². The topological polar surface area (TPSA) is 45.2 Å². The average molecular weight is 291 g/mol. The number of pyridine rings is 1. The fourth-order valence-electron chi connectivity index (χ4n) is 3.54. The van der Waals surface area contributed by atoms with Gasteiger partial charge in [-0.3, -0.25) is 9.78 Å². The largest absolute Gasteiger partial charge is 0.346 e. The molecule has 2 saturated heterocycles. The molecule has 1 amide bonds. The van der Waals surface area contributed by atoms with Gasteiger partial charge in [-0.1, -0.05) is 12.0 Å². The van der Waals surface area contributed by atoms with E-state index in [0.717, 1.165) is 29.4 Å². The molecule has 0 aliphatic carbocycles. The molecule has 3 atom stereocenters. The van der Waals surface area contributed by atoms with E-state index in [2.05, 4.69) is 21.1 Å². The van der Waals surface area contributed by atoms with Crippen molar-refractivity contribution in [2.75, 3.05) is 19.6 Å². The number of amides is 1. The van der Waals surface area contributed by atoms with Crippen molar-refractivity contribution in [2.24, 2.45) is 5.92 Å². The van der Waals surface area contributed by atoms with Crippen LogP contribution in [-0.2, 0) is 0 Å². The minimum Gasteiger partial charge on any atom is -0.346 e. The molecule has 1 aromatic carbocycles. The zero-order valence-corrected chi connectivity index (χ0v) is 12.2. The van der Waals surface area contributed by atoms with Crippen molar-refractivity contribution >= 4 is 16.7 Å². The number of fused-ring (bicyclic) bond motifs is 3. The summed E-state index contributed by atoms with van der Waals surface area (Å²) in [4.78, 5) is 19.1. The molecular weight excluding hydrogens is 274 g/mol. The molecule has 2 fully saturated rings. The fraction of sp³-hybridized carbons (Fsp3) is 0.333. The molecule has 3 heterocycles. The quantitative estimate of drug-likeness (QED) is 0.856. The van der Waals surface area contributed by atoms with Crippen LogP contribution in [0, 0.1) is 18.3 Å². The molecule has 0 spiro atoms. The van der Waals surface area contributed by atoms with Crippen LogP contribution in [-0.4, -0.2) is 41.5 Å². The first-order chi connectivity index (χ1) is 10.7. The minimum absolute atomic E-state index is 0.0910. The van der Waals surface area contributed by atoms with Crippen LogP contribution in [0.2, 0.25) is 0 Å². The summed E-state index contributed by atoms with van der Waals surface area (Å²) in [7, 11) is 0. The summed E-state index contributed by atoms with van der Waals surface area (Å²) in [6.07, 6.45) is 8.35. The van der Waals surface area contributed by atoms with E-state index < -0.39 is 0 Å². The van der Waals surface area contributed by atoms with Gasteiger partial charge in [-0.25, -0.2) is 0 Å². The highest BCUT2D eigenvalue weighted by molar-refractivity contribution is 5.96. The van der Waals surface area contributed by atoms with Gasteiger partial charge in [-0.2, -0.15) is 0 Å². The predicted molar refractivity (Wildman–Crippen MR) is 85.5 cm³/mol. The molecule has 4 nitrogen and oxygen atoms in total. The number of aromatic nitrogens is 1. The zero-order chi connectivity index (χ0) is 15.1. The number of carbonyl (C=O) groups excluding carboxylic acids is 1. The number of carbonyl (C=O) groups is 1. The summed E-state index contributed by atoms with van der Waals surface area (Å²) in [5.74, 6) is 3.12. The Hall–Kier alpha value is -2.38. The molecule has 2 bridgehead atoms. The van der Waals surface area contributed by atoms with Crippen molar-refractivity contribution in [3.8, 4) is 12.3 Å². The summed E-state index contributed by atoms with van der Waals surface area (Å²) >= 11 is 0. The molecule has 22 heavy (non-hydrogen) atoms. The van der Waals surface area contributed by atoms with Gasteiger partial charge in [0.1, 0.15) is 5.69 Å². The summed E-state index contributed by atoms with van der Waals surface area (Å²) in [5, 5.41) is 5.08. The van der Waals surface area contributed by atoms with Crippen molar-refractivity contribution in [3.63, 3.8) is 0 Å². The molecule has 2 aliphatic rings. The van der Waals surface area contributed by atoms with Crippen LogP contribution in [0.15, 0.2) is 30.5 Å². The van der Waals surface area contributed by atoms with Gasteiger partial charge in [0, 0.05) is 36.3 Å². The third-order valence-corrected chi connectivity index (χ3v) is 4.77. The van der Waals surface area contributed by atoms with Gasteiger partial charge in [0.25, 0.3) is 5.91 Å². The highest BCUT2D eigenvalue weighted by Crippen LogP contribution is 2.28. The Bertz CT molecular complexity index is 793. The molecule has 0 saturated carbocycles. The zero-order valence-electron chi connectivity index (χ0n) is 12.2. The number of piperidine rings is 1. The average Bonchev–Trinajstić information content (AvgIpc) is 3.16. The lowest BCUT2D eigenvalue weighted by Gasteiger charge is -2.22. The number of nitrogens with one attached hydrogen (secondary N) is 1. The van der Waals surface area contributed by atoms with Gasteiger partial charge in [0.15, 0.2) is 0 Å². The van der Waals surface area contributed by atoms with E-state index in [0.29, 0.717) is 11.6 Å². The second-order valence-corrected chi connectivity index (χ2v) is 6.16. The minimum atomic E-state index is -0.0910. The molecule has 1 N–H and O–H groups in total. The van der Waals surface area contributed by atoms with Crippen LogP contribution >= 0.6 is 0 Å². The number of rotatable bonds is 2. The van der Waals surface area contributed by atoms with E-state index in [9.17, 15) is 4.79 Å². The van der Waals surface area contributed by atoms with Gasteiger partial charge in [0.05, 0.1) is 0 Å². The first-order valence-corrected chi connectivity index (χ1v) is 7.62. The molecule has 4 rings (SSSR count). The van der Waals surface area contributed by atoms with Crippen molar-refractivity contribution < 1.29 is 4.79 Å². The lowest BCUT2D eigenvalue weighted by molar-refractivity contribution is 0.0919. The molecule has 1 aromatic heterocycles. The van der Waals surface area contributed by atoms with E-state index in [-0.39, 0.29) is 11.9 Å². The van der Waals surface area contributed by atoms with Crippen LogP contribution < -0.4 is 5.32 Å². The van der Waals surface area contributed by atoms with E-state index in [4.69, 9.17) is 6.42 Å². The number of nitrogens with zero attached hydrogens (tertiary/aromatic N) is 2. The molecule has 3 unspecified atom stereocenters. The SMILES string of the molecule is C#Cc1ccc2cnc(C(=O)NC3CN4CCC3C4)cc2c1. The number of hydrogen-bond acceptors (Lipinski definition) is 3. The Labute approximate surface area is 129 Å². The number of benzene rings is 1. The van der Waals surface area contributed by atoms with Gasteiger partial charge in [-0.05, 0) is 42.5 Å². The summed E-state index contributed by atoms with van der Waals surface area (Å²) in [6, 6.07) is 7.81. The van der Waals surface area contributed by atoms with E-state index in [1.165, 1.54) is 13.0 Å². The monoisotopic (exact) mass is 291 g/mol. The first kappa shape index (κ1) is 13.3. The standard InChI is InChI=1S/C18H17N3O/c1-2-12-3-4-13-9-19-16(8-15(13)7-12)18(22)20-17-11-21-6-5-14(17)10-21/h1,3-4,7-9,14,17H,5-6,10-11H2,(H,20,22). The summed E-state index contributed by atoms with van der Waals surface area (Å²) in [6.45, 7) is 3.24. The van der Waals surface area contributed by atoms with Crippen molar-refractivity contribution in [3.05, 3.63) is 41.7 Å². The maximum absolute atomic E-state index is 12.4. The third-order valence-electron chi connectivity index (χ3n) is 4.77. The second kappa shape index (κ2) is 5.11. The number of hydrogen-bond donors (Lipinski definition) is 1. The smallest absolute Gasteiger partial charge is 0.270 e. The van der Waals surface area contributed by atoms with Crippen LogP contribution in [0.25, 0.3) is 10.8 Å². The van der Waals surface area contributed by atoms with Crippen molar-refractivity contribution in [1.82, 2.24) is 15.2 Å². The molecule has 0 radical (unpaired) electrons. The van der Waals surface area contributed by atoms with Crippen LogP contribution in [0.3, 0.4) is 0 Å². The molecular formula is C18H17N3O. The molecule has 110 valence electrons. The summed E-state index contributed by atoms with van der Waals surface area (Å²) < 4.78 is 0. The molecule has 2 aromatic rings. The van der Waals surface area contributed by atoms with E-state index in [1.54, 1.807) is 6.20 Å². The third kappa shape index (κ3) is 2.24. The maximum atomic E-state index is 12.4. The van der Waals surface area contributed by atoms with Crippen LogP contribution in [0.4, 0.5) is 0 Å². The molecule has 2 aliphatic heterocycles. The van der Waals surface area contributed by atoms with Gasteiger partial charge >= 0.3 is 0 Å². The lowest BCUT2D eigenvalue weighted by atomic mass is 10.00. The van der Waals surface area contributed by atoms with Crippen molar-refractivity contribution in [2.45, 2.75) is 12.5 Å². The Balaban J connectivity index is 1.57. The van der Waals surface area contributed by atoms with Crippen LogP contribution in [0.1, 0.15) is 22.5 Å². The molecule has 4 heteroatoms. The Morgan fingerprint density at radius 3 is 2.95 bits per heavy atom. The van der Waals surface area contributed by atoms with Gasteiger partial charge in [-0.15, -0.1) is 6.42 Å². The predicted octanol–water partition coefficient (Wildman–Crippen LogP) is 1.65. The van der Waals surface area contributed by atoms with Gasteiger partial charge < -0.3 is 10.2 Å². The Morgan fingerprint density at radius 1 is 1.32 bits per heavy atom. The Kier molecular flexibility index (Phi) is 3.09.